The maximum absolute atomic E-state index is 13.2. The number of fused-ring (bicyclic) bond motifs is 1. The normalized spacial score (nSPS) is 12.1. The first-order valence-corrected chi connectivity index (χ1v) is 8.99. The fraction of sp³-hybridized carbons (Fsp3) is 0.130. The number of carbonyl (C=O) groups excluding carboxylic acids is 1. The summed E-state index contributed by atoms with van der Waals surface area (Å²) in [5, 5.41) is 4.27. The van der Waals surface area contributed by atoms with Crippen molar-refractivity contribution in [2.24, 2.45) is 0 Å². The quantitative estimate of drug-likeness (QED) is 0.557. The molecule has 27 heavy (non-hydrogen) atoms. The number of nitrogens with one attached hydrogen (secondary N) is 2. The molecule has 2 aromatic carbocycles. The Kier molecular flexibility index (Phi) is 4.47. The molecule has 0 aliphatic carbocycles. The third-order valence-electron chi connectivity index (χ3n) is 5.01. The lowest BCUT2D eigenvalue weighted by atomic mass is 9.99. The molecule has 134 valence electrons. The standard InChI is InChI=1S/C23H21N3O/c1-15-16(2)25-22-19(15)11-6-12-20(22)23(27)26-21(17-8-4-3-5-9-17)18-10-7-13-24-14-18/h3-14,21,25H,1-2H3,(H,26,27)/t21-/m1/s1. The zero-order valence-corrected chi connectivity index (χ0v) is 15.4. The molecule has 0 spiro atoms. The smallest absolute Gasteiger partial charge is 0.254 e. The summed E-state index contributed by atoms with van der Waals surface area (Å²) in [4.78, 5) is 20.8. The molecule has 2 aromatic heterocycles. The van der Waals surface area contributed by atoms with E-state index in [0.29, 0.717) is 5.56 Å². The number of amides is 1. The summed E-state index contributed by atoms with van der Waals surface area (Å²) in [7, 11) is 0. The van der Waals surface area contributed by atoms with Gasteiger partial charge in [-0.15, -0.1) is 0 Å². The third-order valence-corrected chi connectivity index (χ3v) is 5.01. The molecule has 0 saturated carbocycles. The van der Waals surface area contributed by atoms with Crippen molar-refractivity contribution in [3.05, 3.63) is 101 Å². The number of para-hydroxylation sites is 1. The fourth-order valence-electron chi connectivity index (χ4n) is 3.43. The first-order chi connectivity index (χ1) is 13.1. The van der Waals surface area contributed by atoms with Crippen LogP contribution in [0.4, 0.5) is 0 Å². The minimum absolute atomic E-state index is 0.112. The highest BCUT2D eigenvalue weighted by atomic mass is 16.1. The van der Waals surface area contributed by atoms with Gasteiger partial charge in [0.2, 0.25) is 0 Å². The van der Waals surface area contributed by atoms with Crippen molar-refractivity contribution < 1.29 is 4.79 Å². The maximum Gasteiger partial charge on any atom is 0.254 e. The topological polar surface area (TPSA) is 57.8 Å². The number of aryl methyl sites for hydroxylation is 2. The zero-order chi connectivity index (χ0) is 18.8. The average molecular weight is 355 g/mol. The van der Waals surface area contributed by atoms with E-state index in [1.165, 1.54) is 5.56 Å². The molecule has 0 saturated heterocycles. The lowest BCUT2D eigenvalue weighted by Crippen LogP contribution is -2.29. The Morgan fingerprint density at radius 2 is 1.74 bits per heavy atom. The minimum atomic E-state index is -0.264. The Labute approximate surface area is 158 Å². The Hall–Kier alpha value is -3.40. The monoisotopic (exact) mass is 355 g/mol. The van der Waals surface area contributed by atoms with Gasteiger partial charge in [-0.25, -0.2) is 0 Å². The molecule has 2 N–H and O–H groups in total. The van der Waals surface area contributed by atoms with Gasteiger partial charge in [-0.05, 0) is 42.7 Å². The maximum atomic E-state index is 13.2. The summed E-state index contributed by atoms with van der Waals surface area (Å²) in [5.41, 5.74) is 5.74. The summed E-state index contributed by atoms with van der Waals surface area (Å²) in [6, 6.07) is 19.4. The van der Waals surface area contributed by atoms with Crippen LogP contribution < -0.4 is 5.32 Å². The number of hydrogen-bond acceptors (Lipinski definition) is 2. The van der Waals surface area contributed by atoms with Gasteiger partial charge in [-0.2, -0.15) is 0 Å². The van der Waals surface area contributed by atoms with Crippen LogP contribution in [0.2, 0.25) is 0 Å². The van der Waals surface area contributed by atoms with E-state index in [-0.39, 0.29) is 11.9 Å². The largest absolute Gasteiger partial charge is 0.358 e. The molecule has 4 rings (SSSR count). The highest BCUT2D eigenvalue weighted by Crippen LogP contribution is 2.26. The lowest BCUT2D eigenvalue weighted by Gasteiger charge is -2.20. The van der Waals surface area contributed by atoms with Crippen molar-refractivity contribution >= 4 is 16.8 Å². The molecule has 0 bridgehead atoms. The predicted octanol–water partition coefficient (Wildman–Crippen LogP) is 4.70. The molecule has 1 amide bonds. The van der Waals surface area contributed by atoms with E-state index in [9.17, 15) is 4.79 Å². The summed E-state index contributed by atoms with van der Waals surface area (Å²) in [6.07, 6.45) is 3.53. The molecule has 4 aromatic rings. The molecule has 2 heterocycles. The molecular formula is C23H21N3O. The summed E-state index contributed by atoms with van der Waals surface area (Å²) >= 11 is 0. The van der Waals surface area contributed by atoms with Crippen molar-refractivity contribution in [3.63, 3.8) is 0 Å². The van der Waals surface area contributed by atoms with Gasteiger partial charge in [0, 0.05) is 23.5 Å². The number of hydrogen-bond donors (Lipinski definition) is 2. The van der Waals surface area contributed by atoms with E-state index in [1.807, 2.05) is 67.6 Å². The Morgan fingerprint density at radius 1 is 0.963 bits per heavy atom. The summed E-state index contributed by atoms with van der Waals surface area (Å²) in [6.45, 7) is 4.09. The van der Waals surface area contributed by atoms with Gasteiger partial charge in [-0.1, -0.05) is 48.5 Å². The number of benzene rings is 2. The van der Waals surface area contributed by atoms with Crippen molar-refractivity contribution in [2.45, 2.75) is 19.9 Å². The van der Waals surface area contributed by atoms with Gasteiger partial charge in [0.05, 0.1) is 17.1 Å². The van der Waals surface area contributed by atoms with E-state index in [1.54, 1.807) is 12.4 Å². The predicted molar refractivity (Wildman–Crippen MR) is 108 cm³/mol. The molecule has 1 atom stereocenters. The van der Waals surface area contributed by atoms with Crippen molar-refractivity contribution in [1.29, 1.82) is 0 Å². The number of carbonyl (C=O) groups is 1. The number of aromatic nitrogens is 2. The van der Waals surface area contributed by atoms with E-state index < -0.39 is 0 Å². The summed E-state index contributed by atoms with van der Waals surface area (Å²) in [5.74, 6) is -0.112. The van der Waals surface area contributed by atoms with Crippen LogP contribution in [0.25, 0.3) is 10.9 Å². The van der Waals surface area contributed by atoms with Crippen LogP contribution in [0.5, 0.6) is 0 Å². The van der Waals surface area contributed by atoms with Crippen molar-refractivity contribution in [1.82, 2.24) is 15.3 Å². The van der Waals surface area contributed by atoms with Crippen LogP contribution in [0.1, 0.15) is 38.8 Å². The Morgan fingerprint density at radius 3 is 2.48 bits per heavy atom. The number of nitrogens with zero attached hydrogens (tertiary/aromatic N) is 1. The number of aromatic amines is 1. The number of rotatable bonds is 4. The second kappa shape index (κ2) is 7.08. The highest BCUT2D eigenvalue weighted by molar-refractivity contribution is 6.07. The van der Waals surface area contributed by atoms with Gasteiger partial charge in [0.1, 0.15) is 0 Å². The number of pyridine rings is 1. The van der Waals surface area contributed by atoms with Gasteiger partial charge in [-0.3, -0.25) is 9.78 Å². The van der Waals surface area contributed by atoms with Crippen LogP contribution in [-0.2, 0) is 0 Å². The second-order valence-corrected chi connectivity index (χ2v) is 6.71. The first kappa shape index (κ1) is 17.0. The summed E-state index contributed by atoms with van der Waals surface area (Å²) < 4.78 is 0. The molecule has 0 radical (unpaired) electrons. The Bertz CT molecular complexity index is 1050. The Balaban J connectivity index is 1.74. The van der Waals surface area contributed by atoms with Crippen molar-refractivity contribution in [3.8, 4) is 0 Å². The third kappa shape index (κ3) is 3.22. The van der Waals surface area contributed by atoms with Gasteiger partial charge < -0.3 is 10.3 Å². The van der Waals surface area contributed by atoms with Crippen LogP contribution in [0.3, 0.4) is 0 Å². The average Bonchev–Trinajstić information content (AvgIpc) is 3.01. The lowest BCUT2D eigenvalue weighted by molar-refractivity contribution is 0.0944. The highest BCUT2D eigenvalue weighted by Gasteiger charge is 2.20. The molecule has 0 unspecified atom stereocenters. The van der Waals surface area contributed by atoms with Gasteiger partial charge >= 0.3 is 0 Å². The molecule has 0 aliphatic rings. The molecule has 0 fully saturated rings. The minimum Gasteiger partial charge on any atom is -0.358 e. The fourth-order valence-corrected chi connectivity index (χ4v) is 3.43. The molecule has 4 nitrogen and oxygen atoms in total. The van der Waals surface area contributed by atoms with Crippen LogP contribution in [0.15, 0.2) is 73.1 Å². The van der Waals surface area contributed by atoms with Crippen LogP contribution in [0, 0.1) is 13.8 Å². The number of H-pyrrole nitrogens is 1. The molecule has 4 heteroatoms. The van der Waals surface area contributed by atoms with E-state index in [4.69, 9.17) is 0 Å². The SMILES string of the molecule is Cc1[nH]c2c(C(=O)N[C@H](c3ccccc3)c3cccnc3)cccc2c1C. The van der Waals surface area contributed by atoms with Crippen LogP contribution >= 0.6 is 0 Å². The van der Waals surface area contributed by atoms with E-state index >= 15 is 0 Å². The second-order valence-electron chi connectivity index (χ2n) is 6.71. The van der Waals surface area contributed by atoms with E-state index in [0.717, 1.165) is 27.7 Å². The molecular weight excluding hydrogens is 334 g/mol. The van der Waals surface area contributed by atoms with Crippen molar-refractivity contribution in [2.75, 3.05) is 0 Å². The molecule has 0 aliphatic heterocycles. The van der Waals surface area contributed by atoms with Gasteiger partial charge in [0.15, 0.2) is 0 Å². The van der Waals surface area contributed by atoms with Gasteiger partial charge in [0.25, 0.3) is 5.91 Å². The first-order valence-electron chi connectivity index (χ1n) is 8.99. The van der Waals surface area contributed by atoms with E-state index in [2.05, 4.69) is 22.2 Å². The zero-order valence-electron chi connectivity index (χ0n) is 15.4. The van der Waals surface area contributed by atoms with Crippen LogP contribution in [-0.4, -0.2) is 15.9 Å².